The minimum Gasteiger partial charge on any atom is -0.377 e. The van der Waals surface area contributed by atoms with Crippen molar-refractivity contribution in [2.24, 2.45) is 0 Å². The van der Waals surface area contributed by atoms with Gasteiger partial charge in [0.25, 0.3) is 5.56 Å². The molecule has 1 saturated carbocycles. The summed E-state index contributed by atoms with van der Waals surface area (Å²) in [6.45, 7) is 8.70. The van der Waals surface area contributed by atoms with Crippen LogP contribution in [0.4, 0.5) is 0 Å². The minimum atomic E-state index is -0.420. The van der Waals surface area contributed by atoms with Crippen LogP contribution in [0.1, 0.15) is 44.1 Å². The van der Waals surface area contributed by atoms with E-state index in [1.165, 1.54) is 26.9 Å². The molecule has 0 radical (unpaired) electrons. The second-order valence-corrected chi connectivity index (χ2v) is 9.16. The van der Waals surface area contributed by atoms with E-state index in [1.807, 2.05) is 27.7 Å². The number of nitrogens with one attached hydrogen (secondary N) is 1. The molecule has 3 aromatic heterocycles. The lowest BCUT2D eigenvalue weighted by Gasteiger charge is -2.17. The van der Waals surface area contributed by atoms with Gasteiger partial charge in [-0.3, -0.25) is 18.9 Å². The Bertz CT molecular complexity index is 1240. The van der Waals surface area contributed by atoms with Crippen LogP contribution in [0.2, 0.25) is 0 Å². The van der Waals surface area contributed by atoms with E-state index in [-0.39, 0.29) is 29.6 Å². The van der Waals surface area contributed by atoms with E-state index >= 15 is 0 Å². The van der Waals surface area contributed by atoms with E-state index in [2.05, 4.69) is 10.1 Å². The highest BCUT2D eigenvalue weighted by molar-refractivity contribution is 7.18. The summed E-state index contributed by atoms with van der Waals surface area (Å²) in [6, 6.07) is 0. The Morgan fingerprint density at radius 2 is 2.03 bits per heavy atom. The molecule has 0 aromatic carbocycles. The smallest absolute Gasteiger partial charge is 0.343 e. The molecule has 3 aromatic rings. The lowest BCUT2D eigenvalue weighted by atomic mass is 10.2. The fourth-order valence-electron chi connectivity index (χ4n) is 3.53. The van der Waals surface area contributed by atoms with Crippen molar-refractivity contribution in [2.45, 2.75) is 65.3 Å². The molecule has 0 aliphatic heterocycles. The van der Waals surface area contributed by atoms with Gasteiger partial charge >= 0.3 is 11.4 Å². The highest BCUT2D eigenvalue weighted by Crippen LogP contribution is 2.41. The Labute approximate surface area is 170 Å². The molecule has 9 nitrogen and oxygen atoms in total. The first-order valence-corrected chi connectivity index (χ1v) is 10.5. The Kier molecular flexibility index (Phi) is 4.86. The van der Waals surface area contributed by atoms with Gasteiger partial charge in [0.15, 0.2) is 0 Å². The van der Waals surface area contributed by atoms with Gasteiger partial charge in [0, 0.05) is 4.88 Å². The van der Waals surface area contributed by atoms with Crippen molar-refractivity contribution in [1.82, 2.24) is 23.9 Å². The first-order valence-electron chi connectivity index (χ1n) is 9.73. The minimum absolute atomic E-state index is 0.0558. The molecule has 10 heteroatoms. The van der Waals surface area contributed by atoms with Gasteiger partial charge in [0.1, 0.15) is 11.2 Å². The second-order valence-electron chi connectivity index (χ2n) is 8.07. The number of hydrogen-bond acceptors (Lipinski definition) is 6. The highest BCUT2D eigenvalue weighted by atomic mass is 32.1. The van der Waals surface area contributed by atoms with Crippen LogP contribution in [0.5, 0.6) is 0 Å². The van der Waals surface area contributed by atoms with Gasteiger partial charge in [-0.15, -0.1) is 11.3 Å². The third kappa shape index (κ3) is 3.40. The average Bonchev–Trinajstić information content (AvgIpc) is 3.11. The molecular weight excluding hydrogens is 394 g/mol. The van der Waals surface area contributed by atoms with Crippen molar-refractivity contribution in [3.63, 3.8) is 0 Å². The van der Waals surface area contributed by atoms with Crippen molar-refractivity contribution in [3.05, 3.63) is 48.1 Å². The van der Waals surface area contributed by atoms with E-state index in [4.69, 9.17) is 4.74 Å². The maximum absolute atomic E-state index is 13.3. The van der Waals surface area contributed by atoms with Gasteiger partial charge in [-0.1, -0.05) is 0 Å². The molecule has 1 N–H and O–H groups in total. The van der Waals surface area contributed by atoms with Gasteiger partial charge in [-0.2, -0.15) is 5.10 Å². The molecule has 0 spiro atoms. The van der Waals surface area contributed by atoms with E-state index in [9.17, 15) is 14.4 Å². The van der Waals surface area contributed by atoms with Crippen LogP contribution in [0, 0.1) is 6.92 Å². The standard InChI is InChI=1S/C19H25N5O4S/c1-11(2)28-8-7-22-16-14(15(25)24(18(22)27)19(4)5-6-19)12(3)13(29-16)9-23-17(26)20-10-21-23/h10-11H,5-9H2,1-4H3,(H,20,21,26). The van der Waals surface area contributed by atoms with Gasteiger partial charge < -0.3 is 4.74 Å². The van der Waals surface area contributed by atoms with Gasteiger partial charge in [0.2, 0.25) is 0 Å². The first kappa shape index (κ1) is 19.8. The Hall–Kier alpha value is -2.46. The summed E-state index contributed by atoms with van der Waals surface area (Å²) in [4.78, 5) is 42.4. The molecule has 0 atom stereocenters. The molecule has 0 unspecified atom stereocenters. The summed E-state index contributed by atoms with van der Waals surface area (Å²) < 4.78 is 10.0. The first-order chi connectivity index (χ1) is 13.7. The SMILES string of the molecule is Cc1c(Cn2nc[nH]c2=O)sc2c1c(=O)n(C1(C)CC1)c(=O)n2CCOC(C)C. The molecular formula is C19H25N5O4S. The van der Waals surface area contributed by atoms with Crippen molar-refractivity contribution >= 4 is 21.6 Å². The Morgan fingerprint density at radius 3 is 2.62 bits per heavy atom. The normalized spacial score (nSPS) is 15.5. The Balaban J connectivity index is 1.90. The molecule has 156 valence electrons. The van der Waals surface area contributed by atoms with Gasteiger partial charge in [-0.05, 0) is 46.1 Å². The molecule has 3 heterocycles. The molecule has 1 aliphatic rings. The molecule has 29 heavy (non-hydrogen) atoms. The number of thiophene rings is 1. The molecule has 4 rings (SSSR count). The third-order valence-corrected chi connectivity index (χ3v) is 6.80. The average molecular weight is 420 g/mol. The second kappa shape index (κ2) is 7.10. The Morgan fingerprint density at radius 1 is 1.31 bits per heavy atom. The lowest BCUT2D eigenvalue weighted by molar-refractivity contribution is 0.0724. The fraction of sp³-hybridized carbons (Fsp3) is 0.579. The number of H-pyrrole nitrogens is 1. The van der Waals surface area contributed by atoms with Gasteiger partial charge in [0.05, 0.1) is 36.7 Å². The summed E-state index contributed by atoms with van der Waals surface area (Å²) >= 11 is 1.36. The van der Waals surface area contributed by atoms with Crippen LogP contribution in [0.3, 0.4) is 0 Å². The number of aromatic amines is 1. The van der Waals surface area contributed by atoms with Crippen LogP contribution in [-0.4, -0.2) is 36.6 Å². The van der Waals surface area contributed by atoms with E-state index < -0.39 is 5.54 Å². The molecule has 0 saturated heterocycles. The zero-order valence-corrected chi connectivity index (χ0v) is 17.8. The molecule has 1 aliphatic carbocycles. The number of ether oxygens (including phenoxy) is 1. The number of rotatable bonds is 7. The summed E-state index contributed by atoms with van der Waals surface area (Å²) in [5.41, 5.74) is -0.481. The maximum Gasteiger partial charge on any atom is 0.343 e. The van der Waals surface area contributed by atoms with Crippen LogP contribution in [0.25, 0.3) is 10.2 Å². The van der Waals surface area contributed by atoms with Crippen molar-refractivity contribution < 1.29 is 4.74 Å². The number of aryl methyl sites for hydroxylation is 1. The molecule has 0 amide bonds. The van der Waals surface area contributed by atoms with Crippen LogP contribution >= 0.6 is 11.3 Å². The zero-order valence-electron chi connectivity index (χ0n) is 17.0. The summed E-state index contributed by atoms with van der Waals surface area (Å²) in [5, 5.41) is 4.55. The topological polar surface area (TPSA) is 104 Å². The van der Waals surface area contributed by atoms with Crippen LogP contribution in [0.15, 0.2) is 20.7 Å². The predicted octanol–water partition coefficient (Wildman–Crippen LogP) is 1.40. The van der Waals surface area contributed by atoms with E-state index in [0.717, 1.165) is 23.3 Å². The fourth-order valence-corrected chi connectivity index (χ4v) is 4.83. The number of hydrogen-bond donors (Lipinski definition) is 1. The number of nitrogens with zero attached hydrogens (tertiary/aromatic N) is 4. The highest BCUT2D eigenvalue weighted by Gasteiger charge is 2.43. The summed E-state index contributed by atoms with van der Waals surface area (Å²) in [7, 11) is 0. The number of fused-ring (bicyclic) bond motifs is 1. The predicted molar refractivity (Wildman–Crippen MR) is 111 cm³/mol. The van der Waals surface area contributed by atoms with Crippen molar-refractivity contribution in [1.29, 1.82) is 0 Å². The van der Waals surface area contributed by atoms with E-state index in [0.29, 0.717) is 23.4 Å². The zero-order chi connectivity index (χ0) is 20.9. The molecule has 1 fully saturated rings. The number of aromatic nitrogens is 5. The maximum atomic E-state index is 13.3. The van der Waals surface area contributed by atoms with Crippen LogP contribution < -0.4 is 16.9 Å². The monoisotopic (exact) mass is 419 g/mol. The quantitative estimate of drug-likeness (QED) is 0.623. The lowest BCUT2D eigenvalue weighted by Crippen LogP contribution is -2.45. The molecule has 0 bridgehead atoms. The summed E-state index contributed by atoms with van der Waals surface area (Å²) in [6.07, 6.45) is 3.02. The van der Waals surface area contributed by atoms with E-state index in [1.54, 1.807) is 4.57 Å². The van der Waals surface area contributed by atoms with Crippen molar-refractivity contribution in [3.8, 4) is 0 Å². The largest absolute Gasteiger partial charge is 0.377 e. The van der Waals surface area contributed by atoms with Crippen LogP contribution in [-0.2, 0) is 23.4 Å². The van der Waals surface area contributed by atoms with Gasteiger partial charge in [-0.25, -0.2) is 14.3 Å². The summed E-state index contributed by atoms with van der Waals surface area (Å²) in [5.74, 6) is 0. The third-order valence-electron chi connectivity index (χ3n) is 5.50. The van der Waals surface area contributed by atoms with Crippen molar-refractivity contribution in [2.75, 3.05) is 6.61 Å².